The normalized spacial score (nSPS) is 18.7. The van der Waals surface area contributed by atoms with Crippen molar-refractivity contribution in [3.8, 4) is 0 Å². The number of hydrogen-bond donors (Lipinski definition) is 2. The van der Waals surface area contributed by atoms with Gasteiger partial charge in [-0.1, -0.05) is 0 Å². The van der Waals surface area contributed by atoms with Crippen molar-refractivity contribution in [2.75, 3.05) is 26.2 Å². The molecule has 0 aromatic carbocycles. The molecule has 3 rings (SSSR count). The number of aliphatic hydroxyl groups is 1. The van der Waals surface area contributed by atoms with Crippen LogP contribution in [0.3, 0.4) is 0 Å². The van der Waals surface area contributed by atoms with Gasteiger partial charge in [-0.15, -0.1) is 0 Å². The van der Waals surface area contributed by atoms with Gasteiger partial charge in [0.2, 0.25) is 5.91 Å². The lowest BCUT2D eigenvalue weighted by Crippen LogP contribution is -2.58. The number of piperidine rings is 1. The molecular formula is C17H26N4O5. The molecule has 9 heteroatoms. The van der Waals surface area contributed by atoms with Gasteiger partial charge in [0.1, 0.15) is 6.54 Å². The summed E-state index contributed by atoms with van der Waals surface area (Å²) in [5.74, 6) is -0.0250. The predicted octanol–water partition coefficient (Wildman–Crippen LogP) is -0.772. The van der Waals surface area contributed by atoms with Gasteiger partial charge >= 0.3 is 5.69 Å². The average Bonchev–Trinajstić information content (AvgIpc) is 2.56. The molecular weight excluding hydrogens is 340 g/mol. The van der Waals surface area contributed by atoms with Crippen LogP contribution in [0.25, 0.3) is 0 Å². The van der Waals surface area contributed by atoms with Gasteiger partial charge in [-0.2, -0.15) is 4.98 Å². The van der Waals surface area contributed by atoms with E-state index in [2.05, 4.69) is 9.88 Å². The van der Waals surface area contributed by atoms with Gasteiger partial charge in [0.05, 0.1) is 6.10 Å². The number of carboxylic acid groups (broad SMARTS) is 1. The summed E-state index contributed by atoms with van der Waals surface area (Å²) < 4.78 is 1.44. The molecule has 2 fully saturated rings. The smallest absolute Gasteiger partial charge is 0.348 e. The number of carbonyl (C=O) groups is 2. The van der Waals surface area contributed by atoms with Crippen LogP contribution in [-0.4, -0.2) is 80.3 Å². The first-order valence-corrected chi connectivity index (χ1v) is 8.68. The summed E-state index contributed by atoms with van der Waals surface area (Å²) >= 11 is 0. The van der Waals surface area contributed by atoms with E-state index in [1.807, 2.05) is 17.9 Å². The van der Waals surface area contributed by atoms with E-state index in [0.29, 0.717) is 24.8 Å². The number of β-amino-alcohol motifs (C(OH)–C–C–N with tert-alkyl or cyclic N) is 1. The topological polar surface area (TPSA) is 116 Å². The highest BCUT2D eigenvalue weighted by molar-refractivity contribution is 5.76. The van der Waals surface area contributed by atoms with Gasteiger partial charge in [0.15, 0.2) is 0 Å². The lowest BCUT2D eigenvalue weighted by atomic mass is 9.98. The van der Waals surface area contributed by atoms with Crippen molar-refractivity contribution in [1.29, 1.82) is 0 Å². The van der Waals surface area contributed by atoms with Crippen LogP contribution in [0, 0.1) is 13.8 Å². The van der Waals surface area contributed by atoms with E-state index in [1.54, 1.807) is 6.92 Å². The van der Waals surface area contributed by atoms with E-state index in [9.17, 15) is 14.7 Å². The van der Waals surface area contributed by atoms with Crippen LogP contribution >= 0.6 is 0 Å². The SMILES string of the molecule is Cc1cc(C)n(CC(=O)N2CCC(N3CC(O)C3)CC2)c(=O)n1.O=CO. The Morgan fingerprint density at radius 2 is 1.88 bits per heavy atom. The first-order valence-electron chi connectivity index (χ1n) is 8.68. The number of likely N-dealkylation sites (tertiary alicyclic amines) is 2. The van der Waals surface area contributed by atoms with E-state index < -0.39 is 0 Å². The van der Waals surface area contributed by atoms with Crippen LogP contribution in [-0.2, 0) is 16.1 Å². The number of aromatic nitrogens is 2. The van der Waals surface area contributed by atoms with Crippen LogP contribution in [0.1, 0.15) is 24.2 Å². The van der Waals surface area contributed by atoms with E-state index >= 15 is 0 Å². The maximum atomic E-state index is 12.5. The summed E-state index contributed by atoms with van der Waals surface area (Å²) in [6.07, 6.45) is 1.68. The molecule has 2 N–H and O–H groups in total. The van der Waals surface area contributed by atoms with Gasteiger partial charge in [-0.25, -0.2) is 4.79 Å². The third-order valence-corrected chi connectivity index (χ3v) is 4.86. The van der Waals surface area contributed by atoms with Gasteiger partial charge in [0.25, 0.3) is 6.47 Å². The zero-order valence-corrected chi connectivity index (χ0v) is 15.2. The highest BCUT2D eigenvalue weighted by atomic mass is 16.3. The minimum atomic E-state index is -0.361. The van der Waals surface area contributed by atoms with E-state index in [0.717, 1.165) is 31.6 Å². The van der Waals surface area contributed by atoms with Crippen LogP contribution < -0.4 is 5.69 Å². The minimum Gasteiger partial charge on any atom is -0.483 e. The zero-order chi connectivity index (χ0) is 19.3. The summed E-state index contributed by atoms with van der Waals surface area (Å²) in [7, 11) is 0. The Balaban J connectivity index is 0.000000758. The minimum absolute atomic E-state index is 0.0250. The molecule has 1 amide bonds. The molecule has 2 aliphatic rings. The molecule has 3 heterocycles. The molecule has 2 saturated heterocycles. The van der Waals surface area contributed by atoms with Crippen LogP contribution in [0.4, 0.5) is 0 Å². The van der Waals surface area contributed by atoms with Crippen molar-refractivity contribution in [2.24, 2.45) is 0 Å². The number of nitrogens with zero attached hydrogens (tertiary/aromatic N) is 4. The van der Waals surface area contributed by atoms with Gasteiger partial charge in [-0.05, 0) is 32.8 Å². The number of carbonyl (C=O) groups excluding carboxylic acids is 1. The predicted molar refractivity (Wildman–Crippen MR) is 93.8 cm³/mol. The van der Waals surface area contributed by atoms with Crippen molar-refractivity contribution < 1.29 is 19.8 Å². The summed E-state index contributed by atoms with van der Waals surface area (Å²) in [5.41, 5.74) is 1.08. The van der Waals surface area contributed by atoms with E-state index in [-0.39, 0.29) is 30.7 Å². The lowest BCUT2D eigenvalue weighted by Gasteiger charge is -2.45. The quantitative estimate of drug-likeness (QED) is 0.675. The van der Waals surface area contributed by atoms with Crippen molar-refractivity contribution in [3.63, 3.8) is 0 Å². The maximum Gasteiger partial charge on any atom is 0.348 e. The fourth-order valence-electron chi connectivity index (χ4n) is 3.47. The molecule has 144 valence electrons. The van der Waals surface area contributed by atoms with Crippen molar-refractivity contribution in [2.45, 2.75) is 45.4 Å². The van der Waals surface area contributed by atoms with Gasteiger partial charge < -0.3 is 15.1 Å². The second kappa shape index (κ2) is 8.91. The summed E-state index contributed by atoms with van der Waals surface area (Å²) in [6.45, 7) is 6.34. The third kappa shape index (κ3) is 4.89. The Morgan fingerprint density at radius 1 is 1.31 bits per heavy atom. The highest BCUT2D eigenvalue weighted by Gasteiger charge is 2.33. The molecule has 1 aromatic heterocycles. The van der Waals surface area contributed by atoms with Crippen molar-refractivity contribution in [1.82, 2.24) is 19.4 Å². The molecule has 0 bridgehead atoms. The lowest BCUT2D eigenvalue weighted by molar-refractivity contribution is -0.134. The molecule has 2 aliphatic heterocycles. The molecule has 0 spiro atoms. The fourth-order valence-corrected chi connectivity index (χ4v) is 3.47. The Hall–Kier alpha value is -2.26. The molecule has 1 aromatic rings. The van der Waals surface area contributed by atoms with Crippen LogP contribution in [0.15, 0.2) is 10.9 Å². The molecule has 9 nitrogen and oxygen atoms in total. The van der Waals surface area contributed by atoms with Crippen molar-refractivity contribution >= 4 is 12.4 Å². The fraction of sp³-hybridized carbons (Fsp3) is 0.647. The first kappa shape index (κ1) is 20.1. The Labute approximate surface area is 151 Å². The number of rotatable bonds is 3. The monoisotopic (exact) mass is 366 g/mol. The zero-order valence-electron chi connectivity index (χ0n) is 15.2. The standard InChI is InChI=1S/C16H24N4O3.CH2O2/c1-11-7-12(2)20(16(23)17-11)10-15(22)18-5-3-13(4-6-18)19-8-14(21)9-19;2-1-3/h7,13-14,21H,3-6,8-10H2,1-2H3;1H,(H,2,3). The number of amides is 1. The van der Waals surface area contributed by atoms with Crippen LogP contribution in [0.5, 0.6) is 0 Å². The summed E-state index contributed by atoms with van der Waals surface area (Å²) in [6, 6.07) is 2.28. The Morgan fingerprint density at radius 3 is 2.38 bits per heavy atom. The highest BCUT2D eigenvalue weighted by Crippen LogP contribution is 2.21. The molecule has 26 heavy (non-hydrogen) atoms. The molecule has 0 unspecified atom stereocenters. The van der Waals surface area contributed by atoms with Crippen LogP contribution in [0.2, 0.25) is 0 Å². The summed E-state index contributed by atoms with van der Waals surface area (Å²) in [5, 5.41) is 16.3. The second-order valence-electron chi connectivity index (χ2n) is 6.73. The summed E-state index contributed by atoms with van der Waals surface area (Å²) in [4.78, 5) is 40.8. The number of aliphatic hydroxyl groups excluding tert-OH is 1. The molecule has 0 radical (unpaired) electrons. The van der Waals surface area contributed by atoms with E-state index in [1.165, 1.54) is 4.57 Å². The number of hydrogen-bond acceptors (Lipinski definition) is 6. The maximum absolute atomic E-state index is 12.5. The first-order chi connectivity index (χ1) is 12.3. The largest absolute Gasteiger partial charge is 0.483 e. The molecule has 0 aliphatic carbocycles. The third-order valence-electron chi connectivity index (χ3n) is 4.86. The Bertz CT molecular complexity index is 691. The average molecular weight is 366 g/mol. The number of aryl methyl sites for hydroxylation is 2. The Kier molecular flexibility index (Phi) is 6.87. The van der Waals surface area contributed by atoms with Crippen molar-refractivity contribution in [3.05, 3.63) is 27.9 Å². The van der Waals surface area contributed by atoms with Gasteiger partial charge in [-0.3, -0.25) is 19.1 Å². The molecule has 0 atom stereocenters. The molecule has 0 saturated carbocycles. The van der Waals surface area contributed by atoms with Gasteiger partial charge in [0, 0.05) is 43.6 Å². The van der Waals surface area contributed by atoms with E-state index in [4.69, 9.17) is 9.90 Å². The second-order valence-corrected chi connectivity index (χ2v) is 6.73.